The van der Waals surface area contributed by atoms with Gasteiger partial charge in [-0.1, -0.05) is 18.2 Å². The third-order valence-electron chi connectivity index (χ3n) is 4.69. The fraction of sp³-hybridized carbons (Fsp3) is 0.316. The van der Waals surface area contributed by atoms with Crippen molar-refractivity contribution < 1.29 is 18.0 Å². The summed E-state index contributed by atoms with van der Waals surface area (Å²) in [5.41, 5.74) is 1.75. The minimum atomic E-state index is -4.59. The summed E-state index contributed by atoms with van der Waals surface area (Å²) in [4.78, 5) is 16.9. The summed E-state index contributed by atoms with van der Waals surface area (Å²) in [5.74, 6) is -0.517. The Bertz CT molecular complexity index is 1030. The number of carbonyl (C=O) groups excluding carboxylic acids is 1. The third-order valence-corrected chi connectivity index (χ3v) is 4.69. The van der Waals surface area contributed by atoms with Gasteiger partial charge in [0, 0.05) is 23.4 Å². The van der Waals surface area contributed by atoms with E-state index in [9.17, 15) is 18.0 Å². The predicted octanol–water partition coefficient (Wildman–Crippen LogP) is 4.49. The van der Waals surface area contributed by atoms with Crippen LogP contribution in [-0.4, -0.2) is 20.5 Å². The SMILES string of the molecule is Cc1cccc(C)c1NC(=O)c1cc2nc(C3CC3)cc(C(F)(F)F)n2n1. The van der Waals surface area contributed by atoms with Crippen LogP contribution in [0.5, 0.6) is 0 Å². The lowest BCUT2D eigenvalue weighted by Crippen LogP contribution is -2.16. The number of halogens is 3. The fourth-order valence-electron chi connectivity index (χ4n) is 3.08. The van der Waals surface area contributed by atoms with E-state index in [0.29, 0.717) is 15.9 Å². The Morgan fingerprint density at radius 2 is 1.85 bits per heavy atom. The molecule has 0 saturated heterocycles. The zero-order valence-corrected chi connectivity index (χ0v) is 14.8. The van der Waals surface area contributed by atoms with Crippen LogP contribution in [0.1, 0.15) is 51.8 Å². The largest absolute Gasteiger partial charge is 0.433 e. The number of benzene rings is 1. The average Bonchev–Trinajstić information content (AvgIpc) is 3.35. The van der Waals surface area contributed by atoms with Crippen LogP contribution in [0.4, 0.5) is 18.9 Å². The van der Waals surface area contributed by atoms with E-state index >= 15 is 0 Å². The van der Waals surface area contributed by atoms with Gasteiger partial charge in [0.2, 0.25) is 0 Å². The molecule has 0 aliphatic heterocycles. The molecule has 4 rings (SSSR count). The maximum atomic E-state index is 13.5. The Kier molecular flexibility index (Phi) is 3.94. The highest BCUT2D eigenvalue weighted by molar-refractivity contribution is 6.04. The van der Waals surface area contributed by atoms with Gasteiger partial charge in [0.1, 0.15) is 5.69 Å². The highest BCUT2D eigenvalue weighted by Crippen LogP contribution is 2.41. The van der Waals surface area contributed by atoms with Crippen molar-refractivity contribution in [3.8, 4) is 0 Å². The minimum absolute atomic E-state index is 0.0263. The van der Waals surface area contributed by atoms with E-state index in [1.807, 2.05) is 32.0 Å². The number of amides is 1. The first-order valence-corrected chi connectivity index (χ1v) is 8.59. The van der Waals surface area contributed by atoms with Crippen LogP contribution in [0.3, 0.4) is 0 Å². The van der Waals surface area contributed by atoms with Crippen molar-refractivity contribution in [2.24, 2.45) is 0 Å². The van der Waals surface area contributed by atoms with Crippen LogP contribution in [0.15, 0.2) is 30.3 Å². The van der Waals surface area contributed by atoms with Gasteiger partial charge in [-0.15, -0.1) is 0 Å². The van der Waals surface area contributed by atoms with E-state index in [2.05, 4.69) is 15.4 Å². The number of hydrogen-bond donors (Lipinski definition) is 1. The fourth-order valence-corrected chi connectivity index (χ4v) is 3.08. The molecular weight excluding hydrogens is 357 g/mol. The Balaban J connectivity index is 1.75. The summed E-state index contributed by atoms with van der Waals surface area (Å²) in [6.07, 6.45) is -2.93. The van der Waals surface area contributed by atoms with Crippen LogP contribution in [0.25, 0.3) is 5.65 Å². The Morgan fingerprint density at radius 3 is 2.44 bits per heavy atom. The van der Waals surface area contributed by atoms with Crippen LogP contribution in [0.2, 0.25) is 0 Å². The van der Waals surface area contributed by atoms with Gasteiger partial charge in [0.25, 0.3) is 5.91 Å². The zero-order valence-electron chi connectivity index (χ0n) is 14.8. The summed E-state index contributed by atoms with van der Waals surface area (Å²) < 4.78 is 41.1. The number of anilines is 1. The smallest absolute Gasteiger partial charge is 0.320 e. The first kappa shape index (κ1) is 17.5. The maximum absolute atomic E-state index is 13.5. The number of aromatic nitrogens is 3. The van der Waals surface area contributed by atoms with Crippen molar-refractivity contribution >= 4 is 17.2 Å². The summed E-state index contributed by atoms with van der Waals surface area (Å²) in [5, 5.41) is 6.62. The highest BCUT2D eigenvalue weighted by Gasteiger charge is 2.37. The van der Waals surface area contributed by atoms with Gasteiger partial charge in [-0.25, -0.2) is 9.50 Å². The second-order valence-corrected chi connectivity index (χ2v) is 6.86. The van der Waals surface area contributed by atoms with Crippen molar-refractivity contribution in [1.82, 2.24) is 14.6 Å². The lowest BCUT2D eigenvalue weighted by molar-refractivity contribution is -0.142. The van der Waals surface area contributed by atoms with Gasteiger partial charge in [-0.2, -0.15) is 18.3 Å². The molecule has 5 nitrogen and oxygen atoms in total. The molecule has 1 fully saturated rings. The van der Waals surface area contributed by atoms with Crippen LogP contribution >= 0.6 is 0 Å². The molecule has 140 valence electrons. The van der Waals surface area contributed by atoms with E-state index < -0.39 is 17.8 Å². The second kappa shape index (κ2) is 6.07. The summed E-state index contributed by atoms with van der Waals surface area (Å²) >= 11 is 0. The quantitative estimate of drug-likeness (QED) is 0.735. The molecule has 3 aromatic rings. The van der Waals surface area contributed by atoms with E-state index in [1.165, 1.54) is 6.07 Å². The summed E-state index contributed by atoms with van der Waals surface area (Å²) in [6.45, 7) is 3.69. The summed E-state index contributed by atoms with van der Waals surface area (Å²) in [7, 11) is 0. The number of nitrogens with one attached hydrogen (secondary N) is 1. The number of para-hydroxylation sites is 1. The number of nitrogens with zero attached hydrogens (tertiary/aromatic N) is 3. The molecule has 1 saturated carbocycles. The van der Waals surface area contributed by atoms with E-state index in [1.54, 1.807) is 0 Å². The van der Waals surface area contributed by atoms with Crippen molar-refractivity contribution in [2.45, 2.75) is 38.8 Å². The Labute approximate surface area is 153 Å². The Hall–Kier alpha value is -2.90. The molecule has 2 aromatic heterocycles. The van der Waals surface area contributed by atoms with Gasteiger partial charge in [0.05, 0.1) is 0 Å². The van der Waals surface area contributed by atoms with Gasteiger partial charge >= 0.3 is 6.18 Å². The molecule has 27 heavy (non-hydrogen) atoms. The molecule has 0 bridgehead atoms. The lowest BCUT2D eigenvalue weighted by Gasteiger charge is -2.10. The normalized spacial score (nSPS) is 14.6. The molecule has 1 aromatic carbocycles. The summed E-state index contributed by atoms with van der Waals surface area (Å²) in [6, 6.07) is 7.88. The third kappa shape index (κ3) is 3.27. The topological polar surface area (TPSA) is 59.3 Å². The molecule has 1 aliphatic rings. The maximum Gasteiger partial charge on any atom is 0.433 e. The number of fused-ring (bicyclic) bond motifs is 1. The van der Waals surface area contributed by atoms with Gasteiger partial charge < -0.3 is 5.32 Å². The molecular formula is C19H17F3N4O. The molecule has 1 aliphatic carbocycles. The minimum Gasteiger partial charge on any atom is -0.320 e. The molecule has 1 N–H and O–H groups in total. The number of alkyl halides is 3. The first-order chi connectivity index (χ1) is 12.7. The average molecular weight is 374 g/mol. The highest BCUT2D eigenvalue weighted by atomic mass is 19.4. The molecule has 0 spiro atoms. The van der Waals surface area contributed by atoms with Crippen LogP contribution in [0, 0.1) is 13.8 Å². The standard InChI is InChI=1S/C19H17F3N4O/c1-10-4-3-5-11(2)17(10)24-18(27)14-9-16-23-13(12-6-7-12)8-15(19(20,21)22)26(16)25-14/h3-5,8-9,12H,6-7H2,1-2H3,(H,24,27). The predicted molar refractivity (Wildman–Crippen MR) is 93.8 cm³/mol. The van der Waals surface area contributed by atoms with Crippen LogP contribution < -0.4 is 5.32 Å². The van der Waals surface area contributed by atoms with Crippen molar-refractivity contribution in [3.05, 3.63) is 58.5 Å². The van der Waals surface area contributed by atoms with Gasteiger partial charge in [0.15, 0.2) is 11.3 Å². The molecule has 0 radical (unpaired) electrons. The molecule has 0 unspecified atom stereocenters. The number of aryl methyl sites for hydroxylation is 2. The monoisotopic (exact) mass is 374 g/mol. The molecule has 8 heteroatoms. The lowest BCUT2D eigenvalue weighted by atomic mass is 10.1. The van der Waals surface area contributed by atoms with Gasteiger partial charge in [-0.05, 0) is 43.9 Å². The number of rotatable bonds is 3. The van der Waals surface area contributed by atoms with E-state index in [0.717, 1.165) is 30.0 Å². The Morgan fingerprint density at radius 1 is 1.19 bits per heavy atom. The second-order valence-electron chi connectivity index (χ2n) is 6.86. The molecule has 2 heterocycles. The zero-order chi connectivity index (χ0) is 19.3. The van der Waals surface area contributed by atoms with E-state index in [-0.39, 0.29) is 17.3 Å². The van der Waals surface area contributed by atoms with Crippen molar-refractivity contribution in [1.29, 1.82) is 0 Å². The molecule has 1 amide bonds. The first-order valence-electron chi connectivity index (χ1n) is 8.59. The van der Waals surface area contributed by atoms with Crippen molar-refractivity contribution in [3.63, 3.8) is 0 Å². The van der Waals surface area contributed by atoms with Gasteiger partial charge in [-0.3, -0.25) is 4.79 Å². The number of hydrogen-bond acceptors (Lipinski definition) is 3. The van der Waals surface area contributed by atoms with Crippen molar-refractivity contribution in [2.75, 3.05) is 5.32 Å². The van der Waals surface area contributed by atoms with Crippen LogP contribution in [-0.2, 0) is 6.18 Å². The number of carbonyl (C=O) groups is 1. The van der Waals surface area contributed by atoms with E-state index in [4.69, 9.17) is 0 Å². The molecule has 0 atom stereocenters.